The van der Waals surface area contributed by atoms with Crippen molar-refractivity contribution in [1.29, 1.82) is 0 Å². The predicted octanol–water partition coefficient (Wildman–Crippen LogP) is 4.46. The minimum absolute atomic E-state index is 0.0668. The second-order valence-electron chi connectivity index (χ2n) is 11.2. The molecule has 1 saturated carbocycles. The number of ether oxygens (including phenoxy) is 1. The highest BCUT2D eigenvalue weighted by Crippen LogP contribution is 2.33. The fourth-order valence-corrected chi connectivity index (χ4v) is 5.15. The minimum atomic E-state index is -0.219. The van der Waals surface area contributed by atoms with Crippen LogP contribution in [0.2, 0.25) is 0 Å². The molecule has 44 heavy (non-hydrogen) atoms. The summed E-state index contributed by atoms with van der Waals surface area (Å²) < 4.78 is 7.34. The first kappa shape index (κ1) is 29.1. The van der Waals surface area contributed by atoms with Crippen molar-refractivity contribution in [2.24, 2.45) is 5.73 Å². The number of carbonyl (C=O) groups is 3. The number of amides is 3. The maximum Gasteiger partial charge on any atom is 0.262 e. The number of hydrogen-bond acceptors (Lipinski definition) is 7. The van der Waals surface area contributed by atoms with Gasteiger partial charge in [0.25, 0.3) is 17.7 Å². The molecule has 0 atom stereocenters. The smallest absolute Gasteiger partial charge is 0.262 e. The molecule has 0 saturated heterocycles. The van der Waals surface area contributed by atoms with Crippen LogP contribution in [0.15, 0.2) is 72.9 Å². The molecule has 0 unspecified atom stereocenters. The third kappa shape index (κ3) is 6.95. The first-order valence-corrected chi connectivity index (χ1v) is 15.0. The molecule has 6 rings (SSSR count). The van der Waals surface area contributed by atoms with Gasteiger partial charge in [0.2, 0.25) is 0 Å². The van der Waals surface area contributed by atoms with Crippen LogP contribution in [0, 0.1) is 0 Å². The lowest BCUT2D eigenvalue weighted by atomic mass is 10.1. The van der Waals surface area contributed by atoms with Crippen molar-refractivity contribution in [2.45, 2.75) is 51.2 Å². The maximum absolute atomic E-state index is 13.4. The molecular weight excluding hydrogens is 558 g/mol. The molecule has 1 aliphatic carbocycles. The molecule has 2 heterocycles. The number of fused-ring (bicyclic) bond motifs is 1. The van der Waals surface area contributed by atoms with Crippen molar-refractivity contribution in [3.8, 4) is 17.0 Å². The van der Waals surface area contributed by atoms with Gasteiger partial charge in [-0.3, -0.25) is 19.1 Å². The Morgan fingerprint density at radius 3 is 2.52 bits per heavy atom. The fraction of sp³-hybridized carbons (Fsp3) is 0.303. The van der Waals surface area contributed by atoms with E-state index < -0.39 is 0 Å². The van der Waals surface area contributed by atoms with E-state index in [9.17, 15) is 14.4 Å². The molecule has 1 aliphatic heterocycles. The number of rotatable bonds is 12. The van der Waals surface area contributed by atoms with Crippen LogP contribution in [0.25, 0.3) is 11.3 Å². The van der Waals surface area contributed by atoms with E-state index in [1.807, 2.05) is 52.2 Å². The molecular formula is C33H35N7O4. The van der Waals surface area contributed by atoms with E-state index in [-0.39, 0.29) is 30.4 Å². The molecule has 0 spiro atoms. The van der Waals surface area contributed by atoms with Gasteiger partial charge in [0.15, 0.2) is 6.61 Å². The molecule has 226 valence electrons. The summed E-state index contributed by atoms with van der Waals surface area (Å²) in [6, 6.07) is 20.1. The van der Waals surface area contributed by atoms with Crippen LogP contribution in [-0.2, 0) is 17.9 Å². The first-order valence-electron chi connectivity index (χ1n) is 15.0. The number of unbranched alkanes of at least 4 members (excludes halogenated alkanes) is 2. The number of nitrogens with one attached hydrogen (secondary N) is 2. The van der Waals surface area contributed by atoms with E-state index in [0.717, 1.165) is 55.5 Å². The van der Waals surface area contributed by atoms with E-state index in [0.29, 0.717) is 41.3 Å². The zero-order valence-corrected chi connectivity index (χ0v) is 24.4. The standard InChI is InChI=1S/C33H35N7O4/c34-16-2-1-3-17-39-20-29(37-38-39)23-8-11-26(12-9-23)35-32(42)24-6-4-22(5-7-24)19-40(27-13-14-27)33(43)25-10-15-28-30(18-25)44-21-31(41)36-28/h4-12,15,18,20,27H,1-3,13-14,16-17,19,21,34H2,(H,35,42)(H,36,41). The average molecular weight is 594 g/mol. The Hall–Kier alpha value is -5.03. The molecule has 4 N–H and O–H groups in total. The summed E-state index contributed by atoms with van der Waals surface area (Å²) in [5.41, 5.74) is 10.5. The number of carbonyl (C=O) groups excluding carboxylic acids is 3. The first-order chi connectivity index (χ1) is 21.5. The summed E-state index contributed by atoms with van der Waals surface area (Å²) in [4.78, 5) is 39.8. The van der Waals surface area contributed by atoms with Gasteiger partial charge in [-0.15, -0.1) is 5.10 Å². The van der Waals surface area contributed by atoms with Gasteiger partial charge in [0.1, 0.15) is 11.4 Å². The topological polar surface area (TPSA) is 144 Å². The predicted molar refractivity (Wildman–Crippen MR) is 166 cm³/mol. The Labute approximate surface area is 255 Å². The summed E-state index contributed by atoms with van der Waals surface area (Å²) in [7, 11) is 0. The number of anilines is 2. The molecule has 3 amide bonds. The Bertz CT molecular complexity index is 1650. The molecule has 3 aromatic carbocycles. The van der Waals surface area contributed by atoms with Gasteiger partial charge < -0.3 is 26.0 Å². The van der Waals surface area contributed by atoms with Crippen LogP contribution in [0.1, 0.15) is 58.4 Å². The normalized spacial score (nSPS) is 13.9. The number of nitrogens with two attached hydrogens (primary N) is 1. The average Bonchev–Trinajstić information content (AvgIpc) is 3.78. The van der Waals surface area contributed by atoms with E-state index in [1.165, 1.54) is 0 Å². The highest BCUT2D eigenvalue weighted by Gasteiger charge is 2.33. The zero-order chi connectivity index (χ0) is 30.5. The second kappa shape index (κ2) is 13.1. The van der Waals surface area contributed by atoms with Gasteiger partial charge in [0.05, 0.1) is 11.9 Å². The van der Waals surface area contributed by atoms with Gasteiger partial charge in [0, 0.05) is 41.5 Å². The highest BCUT2D eigenvalue weighted by atomic mass is 16.5. The highest BCUT2D eigenvalue weighted by molar-refractivity contribution is 6.04. The van der Waals surface area contributed by atoms with Crippen molar-refractivity contribution in [2.75, 3.05) is 23.8 Å². The van der Waals surface area contributed by atoms with Crippen molar-refractivity contribution < 1.29 is 19.1 Å². The Morgan fingerprint density at radius 2 is 1.77 bits per heavy atom. The fourth-order valence-electron chi connectivity index (χ4n) is 5.15. The van der Waals surface area contributed by atoms with Crippen molar-refractivity contribution in [1.82, 2.24) is 19.9 Å². The van der Waals surface area contributed by atoms with Crippen LogP contribution in [0.3, 0.4) is 0 Å². The molecule has 2 aliphatic rings. The maximum atomic E-state index is 13.4. The lowest BCUT2D eigenvalue weighted by molar-refractivity contribution is -0.118. The van der Waals surface area contributed by atoms with Crippen LogP contribution < -0.4 is 21.1 Å². The molecule has 1 fully saturated rings. The third-order valence-corrected chi connectivity index (χ3v) is 7.75. The van der Waals surface area contributed by atoms with Gasteiger partial charge in [-0.1, -0.05) is 35.9 Å². The van der Waals surface area contributed by atoms with Crippen molar-refractivity contribution >= 4 is 29.1 Å². The zero-order valence-electron chi connectivity index (χ0n) is 24.4. The molecule has 11 heteroatoms. The summed E-state index contributed by atoms with van der Waals surface area (Å²) >= 11 is 0. The van der Waals surface area contributed by atoms with Crippen molar-refractivity contribution in [3.63, 3.8) is 0 Å². The minimum Gasteiger partial charge on any atom is -0.482 e. The summed E-state index contributed by atoms with van der Waals surface area (Å²) in [6.45, 7) is 1.87. The Balaban J connectivity index is 1.05. The molecule has 0 bridgehead atoms. The van der Waals surface area contributed by atoms with Crippen LogP contribution in [0.5, 0.6) is 5.75 Å². The summed E-state index contributed by atoms with van der Waals surface area (Å²) in [5, 5.41) is 14.2. The Morgan fingerprint density at radius 1 is 1.00 bits per heavy atom. The van der Waals surface area contributed by atoms with Crippen LogP contribution in [-0.4, -0.2) is 56.8 Å². The lowest BCUT2D eigenvalue weighted by Gasteiger charge is -2.24. The van der Waals surface area contributed by atoms with E-state index in [1.54, 1.807) is 30.3 Å². The number of hydrogen-bond donors (Lipinski definition) is 3. The van der Waals surface area contributed by atoms with Gasteiger partial charge in [-0.25, -0.2) is 0 Å². The van der Waals surface area contributed by atoms with Gasteiger partial charge >= 0.3 is 0 Å². The molecule has 0 radical (unpaired) electrons. The monoisotopic (exact) mass is 593 g/mol. The van der Waals surface area contributed by atoms with E-state index >= 15 is 0 Å². The summed E-state index contributed by atoms with van der Waals surface area (Å²) in [5.74, 6) is -0.0302. The quantitative estimate of drug-likeness (QED) is 0.206. The largest absolute Gasteiger partial charge is 0.482 e. The van der Waals surface area contributed by atoms with Crippen molar-refractivity contribution in [3.05, 3.63) is 89.6 Å². The molecule has 4 aromatic rings. The molecule has 1 aromatic heterocycles. The van der Waals surface area contributed by atoms with Gasteiger partial charge in [-0.2, -0.15) is 0 Å². The summed E-state index contributed by atoms with van der Waals surface area (Å²) in [6.07, 6.45) is 6.92. The number of benzene rings is 3. The van der Waals surface area contributed by atoms with Crippen LogP contribution >= 0.6 is 0 Å². The van der Waals surface area contributed by atoms with E-state index in [2.05, 4.69) is 20.9 Å². The van der Waals surface area contributed by atoms with Gasteiger partial charge in [-0.05, 0) is 80.3 Å². The molecule has 11 nitrogen and oxygen atoms in total. The lowest BCUT2D eigenvalue weighted by Crippen LogP contribution is -2.33. The Kier molecular flexibility index (Phi) is 8.64. The number of nitrogens with zero attached hydrogens (tertiary/aromatic N) is 4. The third-order valence-electron chi connectivity index (χ3n) is 7.75. The number of aromatic nitrogens is 3. The second-order valence-corrected chi connectivity index (χ2v) is 11.2. The number of aryl methyl sites for hydroxylation is 1. The van der Waals surface area contributed by atoms with Crippen LogP contribution in [0.4, 0.5) is 11.4 Å². The SMILES string of the molecule is NCCCCCn1cc(-c2ccc(NC(=O)c3ccc(CN(C(=O)c4ccc5c(c4)OCC(=O)N5)C4CC4)cc3)cc2)nn1. The van der Waals surface area contributed by atoms with E-state index in [4.69, 9.17) is 10.5 Å².